The van der Waals surface area contributed by atoms with Crippen LogP contribution in [0.5, 0.6) is 5.88 Å². The van der Waals surface area contributed by atoms with E-state index >= 15 is 0 Å². The van der Waals surface area contributed by atoms with Crippen LogP contribution in [0.2, 0.25) is 0 Å². The lowest BCUT2D eigenvalue weighted by Gasteiger charge is -2.24. The average molecular weight is 471 g/mol. The highest BCUT2D eigenvalue weighted by Gasteiger charge is 2.24. The average Bonchev–Trinajstić information content (AvgIpc) is 3.08. The van der Waals surface area contributed by atoms with Crippen LogP contribution in [0.25, 0.3) is 27.6 Å². The van der Waals surface area contributed by atoms with Crippen molar-refractivity contribution in [2.45, 2.75) is 51.2 Å². The number of pyridine rings is 2. The van der Waals surface area contributed by atoms with E-state index in [9.17, 15) is 0 Å². The van der Waals surface area contributed by atoms with Crippen LogP contribution >= 0.6 is 11.8 Å². The molecule has 1 saturated heterocycles. The molecule has 33 heavy (non-hydrogen) atoms. The second-order valence-electron chi connectivity index (χ2n) is 8.92. The van der Waals surface area contributed by atoms with Gasteiger partial charge in [0.1, 0.15) is 5.52 Å². The highest BCUT2D eigenvalue weighted by molar-refractivity contribution is 7.98. The summed E-state index contributed by atoms with van der Waals surface area (Å²) < 4.78 is 14.1. The SMILES string of the molecule is CSc1cnc(OC(C)C)c2c3ncc(/C(=C(\C)N)N(C)N)cc3n(CC3CCOCC3)c12. The van der Waals surface area contributed by atoms with Gasteiger partial charge in [0.2, 0.25) is 5.88 Å². The topological polar surface area (TPSA) is 104 Å². The number of allylic oxidation sites excluding steroid dienone is 1. The molecule has 4 N–H and O–H groups in total. The lowest BCUT2D eigenvalue weighted by molar-refractivity contribution is 0.0619. The molecule has 0 unspecified atom stereocenters. The number of fused-ring (bicyclic) bond motifs is 3. The fourth-order valence-corrected chi connectivity index (χ4v) is 5.16. The van der Waals surface area contributed by atoms with E-state index in [0.29, 0.717) is 17.5 Å². The van der Waals surface area contributed by atoms with Crippen LogP contribution in [-0.2, 0) is 11.3 Å². The second kappa shape index (κ2) is 9.79. The molecule has 0 bridgehead atoms. The van der Waals surface area contributed by atoms with E-state index in [4.69, 9.17) is 26.0 Å². The van der Waals surface area contributed by atoms with Crippen molar-refractivity contribution in [2.24, 2.45) is 17.5 Å². The maximum Gasteiger partial charge on any atom is 0.225 e. The molecule has 0 spiro atoms. The Morgan fingerprint density at radius 1 is 1.30 bits per heavy atom. The van der Waals surface area contributed by atoms with Crippen molar-refractivity contribution < 1.29 is 9.47 Å². The minimum atomic E-state index is 0.00862. The minimum absolute atomic E-state index is 0.00862. The lowest BCUT2D eigenvalue weighted by Crippen LogP contribution is -2.26. The first kappa shape index (κ1) is 23.7. The smallest absolute Gasteiger partial charge is 0.225 e. The van der Waals surface area contributed by atoms with Gasteiger partial charge in [0.15, 0.2) is 0 Å². The summed E-state index contributed by atoms with van der Waals surface area (Å²) in [6.45, 7) is 8.38. The van der Waals surface area contributed by atoms with Gasteiger partial charge in [-0.3, -0.25) is 4.98 Å². The van der Waals surface area contributed by atoms with Gasteiger partial charge in [0.25, 0.3) is 0 Å². The van der Waals surface area contributed by atoms with Crippen LogP contribution in [0.3, 0.4) is 0 Å². The fraction of sp³-hybridized carbons (Fsp3) is 0.500. The van der Waals surface area contributed by atoms with Crippen LogP contribution in [0.15, 0.2) is 29.1 Å². The Kier molecular flexibility index (Phi) is 7.02. The zero-order chi connectivity index (χ0) is 23.7. The van der Waals surface area contributed by atoms with Crippen LogP contribution in [0.4, 0.5) is 0 Å². The van der Waals surface area contributed by atoms with E-state index in [1.807, 2.05) is 33.2 Å². The first-order valence-electron chi connectivity index (χ1n) is 11.4. The predicted octanol–water partition coefficient (Wildman–Crippen LogP) is 3.97. The maximum absolute atomic E-state index is 6.18. The highest BCUT2D eigenvalue weighted by Crippen LogP contribution is 2.40. The van der Waals surface area contributed by atoms with Crippen molar-refractivity contribution in [1.29, 1.82) is 0 Å². The number of ether oxygens (including phenoxy) is 2. The van der Waals surface area contributed by atoms with E-state index in [-0.39, 0.29) is 6.10 Å². The Bertz CT molecular complexity index is 1180. The summed E-state index contributed by atoms with van der Waals surface area (Å²) in [5.41, 5.74) is 11.5. The summed E-state index contributed by atoms with van der Waals surface area (Å²) in [5.74, 6) is 7.26. The van der Waals surface area contributed by atoms with E-state index in [0.717, 1.165) is 70.7 Å². The number of hydrazine groups is 1. The molecule has 3 aromatic heterocycles. The van der Waals surface area contributed by atoms with Crippen molar-refractivity contribution in [3.05, 3.63) is 29.7 Å². The maximum atomic E-state index is 6.18. The Morgan fingerprint density at radius 2 is 2.03 bits per heavy atom. The summed E-state index contributed by atoms with van der Waals surface area (Å²) >= 11 is 1.69. The first-order valence-corrected chi connectivity index (χ1v) is 12.6. The molecular weight excluding hydrogens is 436 g/mol. The number of hydrogen-bond acceptors (Lipinski definition) is 8. The van der Waals surface area contributed by atoms with E-state index < -0.39 is 0 Å². The monoisotopic (exact) mass is 470 g/mol. The number of hydrogen-bond donors (Lipinski definition) is 2. The van der Waals surface area contributed by atoms with Crippen molar-refractivity contribution in [1.82, 2.24) is 19.5 Å². The fourth-order valence-electron chi connectivity index (χ4n) is 4.60. The van der Waals surface area contributed by atoms with Crippen molar-refractivity contribution in [3.8, 4) is 5.88 Å². The number of nitrogens with two attached hydrogens (primary N) is 2. The molecule has 1 aliphatic rings. The van der Waals surface area contributed by atoms with Gasteiger partial charge in [-0.25, -0.2) is 10.8 Å². The van der Waals surface area contributed by atoms with Crippen LogP contribution in [0.1, 0.15) is 39.2 Å². The molecular formula is C24H34N6O2S. The van der Waals surface area contributed by atoms with Crippen LogP contribution in [0, 0.1) is 5.92 Å². The third-order valence-corrected chi connectivity index (χ3v) is 6.74. The predicted molar refractivity (Wildman–Crippen MR) is 135 cm³/mol. The minimum Gasteiger partial charge on any atom is -0.474 e. The molecule has 4 heterocycles. The molecule has 0 amide bonds. The summed E-state index contributed by atoms with van der Waals surface area (Å²) in [6.07, 6.45) is 7.92. The lowest BCUT2D eigenvalue weighted by atomic mass is 10.0. The van der Waals surface area contributed by atoms with Gasteiger partial charge in [-0.1, -0.05) is 0 Å². The molecule has 1 aliphatic heterocycles. The summed E-state index contributed by atoms with van der Waals surface area (Å²) in [4.78, 5) is 10.7. The molecule has 0 atom stereocenters. The van der Waals surface area contributed by atoms with Gasteiger partial charge in [0.05, 0.1) is 33.1 Å². The molecule has 3 aromatic rings. The normalized spacial score (nSPS) is 16.0. The molecule has 9 heteroatoms. The van der Waals surface area contributed by atoms with Gasteiger partial charge in [-0.15, -0.1) is 11.8 Å². The Labute approximate surface area is 199 Å². The van der Waals surface area contributed by atoms with E-state index in [1.165, 1.54) is 0 Å². The van der Waals surface area contributed by atoms with Crippen molar-refractivity contribution >= 4 is 39.4 Å². The highest BCUT2D eigenvalue weighted by atomic mass is 32.2. The van der Waals surface area contributed by atoms with E-state index in [2.05, 4.69) is 21.9 Å². The molecule has 4 rings (SSSR count). The number of nitrogens with zero attached hydrogens (tertiary/aromatic N) is 4. The van der Waals surface area contributed by atoms with Crippen molar-refractivity contribution in [2.75, 3.05) is 26.5 Å². The number of thioether (sulfide) groups is 1. The standard InChI is InChI=1S/C24H34N6O2S/c1-14(2)32-24-20-21-18(10-17(11-27-21)22(15(3)25)29(4)26)30(13-16-6-8-31-9-7-16)23(20)19(33-5)12-28-24/h10-12,14,16H,6-9,13,25-26H2,1-5H3/b22-15-. The third kappa shape index (κ3) is 4.62. The largest absolute Gasteiger partial charge is 0.474 e. The Balaban J connectivity index is 2.03. The number of rotatable bonds is 7. The zero-order valence-electron chi connectivity index (χ0n) is 20.1. The van der Waals surface area contributed by atoms with Gasteiger partial charge in [-0.05, 0) is 51.9 Å². The molecule has 8 nitrogen and oxygen atoms in total. The molecule has 178 valence electrons. The van der Waals surface area contributed by atoms with Gasteiger partial charge in [-0.2, -0.15) is 0 Å². The Morgan fingerprint density at radius 3 is 2.64 bits per heavy atom. The first-order chi connectivity index (χ1) is 15.8. The molecule has 0 saturated carbocycles. The van der Waals surface area contributed by atoms with Gasteiger partial charge >= 0.3 is 0 Å². The summed E-state index contributed by atoms with van der Waals surface area (Å²) in [6, 6.07) is 2.14. The summed E-state index contributed by atoms with van der Waals surface area (Å²) in [5, 5.41) is 2.51. The van der Waals surface area contributed by atoms with Crippen LogP contribution in [-0.4, -0.2) is 52.2 Å². The molecule has 0 radical (unpaired) electrons. The Hall–Kier alpha value is -2.49. The van der Waals surface area contributed by atoms with Gasteiger partial charge in [0, 0.05) is 50.5 Å². The quantitative estimate of drug-likeness (QED) is 0.304. The summed E-state index contributed by atoms with van der Waals surface area (Å²) in [7, 11) is 1.79. The third-order valence-electron chi connectivity index (χ3n) is 6.00. The molecule has 1 fully saturated rings. The second-order valence-corrected chi connectivity index (χ2v) is 9.77. The van der Waals surface area contributed by atoms with Gasteiger partial charge < -0.3 is 24.8 Å². The van der Waals surface area contributed by atoms with Crippen molar-refractivity contribution in [3.63, 3.8) is 0 Å². The zero-order valence-corrected chi connectivity index (χ0v) is 20.9. The molecule has 0 aliphatic carbocycles. The molecule has 0 aromatic carbocycles. The van der Waals surface area contributed by atoms with Crippen LogP contribution < -0.4 is 16.3 Å². The van der Waals surface area contributed by atoms with E-state index in [1.54, 1.807) is 23.8 Å². The number of aromatic nitrogens is 3.